The van der Waals surface area contributed by atoms with Crippen molar-refractivity contribution in [2.75, 3.05) is 6.54 Å². The van der Waals surface area contributed by atoms with Crippen LogP contribution < -0.4 is 5.32 Å². The fraction of sp³-hybridized carbons (Fsp3) is 0.800. The maximum Gasteiger partial charge on any atom is 0.0238 e. The predicted octanol–water partition coefficient (Wildman–Crippen LogP) is 2.44. The molecule has 1 fully saturated rings. The van der Waals surface area contributed by atoms with Crippen LogP contribution in [0.4, 0.5) is 0 Å². The van der Waals surface area contributed by atoms with E-state index >= 15 is 0 Å². The molecule has 1 spiro atoms. The Kier molecular flexibility index (Phi) is 1.48. The van der Waals surface area contributed by atoms with E-state index in [0.717, 1.165) is 0 Å². The molecule has 0 saturated heterocycles. The number of allylic oxidation sites excluding steroid dienone is 1. The van der Waals surface area contributed by atoms with Crippen LogP contribution in [0.3, 0.4) is 0 Å². The third-order valence-electron chi connectivity index (χ3n) is 3.45. The zero-order chi connectivity index (χ0) is 7.90. The Morgan fingerprint density at radius 2 is 2.18 bits per heavy atom. The molecule has 0 bridgehead atoms. The van der Waals surface area contributed by atoms with Crippen molar-refractivity contribution in [3.05, 3.63) is 11.3 Å². The first kappa shape index (κ1) is 7.20. The second-order valence-corrected chi connectivity index (χ2v) is 3.94. The Morgan fingerprint density at radius 3 is 2.55 bits per heavy atom. The smallest absolute Gasteiger partial charge is 0.0238 e. The second kappa shape index (κ2) is 2.26. The molecule has 0 aromatic rings. The molecule has 1 aliphatic carbocycles. The highest BCUT2D eigenvalue weighted by atomic mass is 14.9. The molecule has 0 amide bonds. The summed E-state index contributed by atoms with van der Waals surface area (Å²) in [5, 5.41) is 3.49. The third kappa shape index (κ3) is 0.831. The van der Waals surface area contributed by atoms with Gasteiger partial charge in [0.15, 0.2) is 0 Å². The fourth-order valence-corrected chi connectivity index (χ4v) is 2.64. The van der Waals surface area contributed by atoms with Gasteiger partial charge in [-0.3, -0.25) is 0 Å². The summed E-state index contributed by atoms with van der Waals surface area (Å²) in [6, 6.07) is 0. The van der Waals surface area contributed by atoms with Crippen molar-refractivity contribution in [2.24, 2.45) is 5.41 Å². The maximum atomic E-state index is 3.49. The number of hydrogen-bond donors (Lipinski definition) is 1. The van der Waals surface area contributed by atoms with Crippen LogP contribution in [0.15, 0.2) is 11.3 Å². The molecule has 0 unspecified atom stereocenters. The normalized spacial score (nSPS) is 27.1. The molecular weight excluding hydrogens is 134 g/mol. The largest absolute Gasteiger partial charge is 0.388 e. The van der Waals surface area contributed by atoms with Crippen molar-refractivity contribution < 1.29 is 0 Å². The van der Waals surface area contributed by atoms with Crippen LogP contribution in [0.25, 0.3) is 0 Å². The molecule has 62 valence electrons. The van der Waals surface area contributed by atoms with Crippen LogP contribution >= 0.6 is 0 Å². The van der Waals surface area contributed by atoms with Gasteiger partial charge in [0.05, 0.1) is 0 Å². The number of hydrogen-bond acceptors (Lipinski definition) is 1. The van der Waals surface area contributed by atoms with Crippen molar-refractivity contribution in [1.82, 2.24) is 5.32 Å². The van der Waals surface area contributed by atoms with Gasteiger partial charge in [0.2, 0.25) is 0 Å². The van der Waals surface area contributed by atoms with Crippen molar-refractivity contribution in [3.8, 4) is 0 Å². The van der Waals surface area contributed by atoms with Crippen LogP contribution in [0.2, 0.25) is 0 Å². The number of nitrogens with one attached hydrogen (secondary N) is 1. The first-order valence-corrected chi connectivity index (χ1v) is 4.72. The lowest BCUT2D eigenvalue weighted by atomic mass is 9.64. The maximum absolute atomic E-state index is 3.49. The van der Waals surface area contributed by atoms with Crippen LogP contribution in [0.5, 0.6) is 0 Å². The van der Waals surface area contributed by atoms with Gasteiger partial charge >= 0.3 is 0 Å². The molecular formula is C10H17N. The zero-order valence-corrected chi connectivity index (χ0v) is 7.54. The molecule has 0 aromatic heterocycles. The van der Waals surface area contributed by atoms with Crippen molar-refractivity contribution >= 4 is 0 Å². The zero-order valence-electron chi connectivity index (χ0n) is 7.54. The van der Waals surface area contributed by atoms with Crippen molar-refractivity contribution in [3.63, 3.8) is 0 Å². The predicted molar refractivity (Wildman–Crippen MR) is 47.3 cm³/mol. The highest BCUT2D eigenvalue weighted by molar-refractivity contribution is 5.28. The van der Waals surface area contributed by atoms with Gasteiger partial charge in [-0.15, -0.1) is 0 Å². The van der Waals surface area contributed by atoms with Gasteiger partial charge in [-0.1, -0.05) is 13.3 Å². The molecule has 1 heteroatoms. The lowest BCUT2D eigenvalue weighted by Crippen LogP contribution is -2.34. The summed E-state index contributed by atoms with van der Waals surface area (Å²) < 4.78 is 0. The van der Waals surface area contributed by atoms with Crippen LogP contribution in [-0.2, 0) is 0 Å². The van der Waals surface area contributed by atoms with Crippen LogP contribution in [0, 0.1) is 5.41 Å². The molecule has 1 aliphatic heterocycles. The minimum atomic E-state index is 0.624. The average Bonchev–Trinajstić information content (AvgIpc) is 2.25. The van der Waals surface area contributed by atoms with E-state index in [1.165, 1.54) is 37.9 Å². The average molecular weight is 151 g/mol. The summed E-state index contributed by atoms with van der Waals surface area (Å²) in [5.74, 6) is 0. The molecule has 2 rings (SSSR count). The SMILES string of the molecule is CCC1=C(C)NCC12CCC2. The van der Waals surface area contributed by atoms with Crippen LogP contribution in [-0.4, -0.2) is 6.54 Å². The molecule has 1 saturated carbocycles. The second-order valence-electron chi connectivity index (χ2n) is 3.94. The van der Waals surface area contributed by atoms with Gasteiger partial charge in [-0.05, 0) is 31.8 Å². The van der Waals surface area contributed by atoms with E-state index in [-0.39, 0.29) is 0 Å². The quantitative estimate of drug-likeness (QED) is 0.607. The molecule has 2 aliphatic rings. The van der Waals surface area contributed by atoms with E-state index in [1.54, 1.807) is 5.57 Å². The first-order chi connectivity index (χ1) is 5.28. The molecule has 0 atom stereocenters. The highest BCUT2D eigenvalue weighted by Crippen LogP contribution is 2.51. The summed E-state index contributed by atoms with van der Waals surface area (Å²) in [7, 11) is 0. The standard InChI is InChI=1S/C10H17N/c1-3-9-8(2)11-7-10(9)5-4-6-10/h11H,3-7H2,1-2H3. The lowest BCUT2D eigenvalue weighted by Gasteiger charge is -2.40. The summed E-state index contributed by atoms with van der Waals surface area (Å²) in [6.07, 6.45) is 5.55. The highest BCUT2D eigenvalue weighted by Gasteiger charge is 2.43. The van der Waals surface area contributed by atoms with Gasteiger partial charge in [0, 0.05) is 17.7 Å². The Morgan fingerprint density at radius 1 is 1.45 bits per heavy atom. The minimum absolute atomic E-state index is 0.624. The lowest BCUT2D eigenvalue weighted by molar-refractivity contribution is 0.198. The molecule has 1 heterocycles. The van der Waals surface area contributed by atoms with E-state index in [4.69, 9.17) is 0 Å². The van der Waals surface area contributed by atoms with E-state index in [9.17, 15) is 0 Å². The Hall–Kier alpha value is -0.460. The summed E-state index contributed by atoms with van der Waals surface area (Å²) in [5.41, 5.74) is 3.80. The first-order valence-electron chi connectivity index (χ1n) is 4.72. The van der Waals surface area contributed by atoms with E-state index < -0.39 is 0 Å². The topological polar surface area (TPSA) is 12.0 Å². The Balaban J connectivity index is 2.25. The monoisotopic (exact) mass is 151 g/mol. The summed E-state index contributed by atoms with van der Waals surface area (Å²) in [6.45, 7) is 5.74. The van der Waals surface area contributed by atoms with Crippen molar-refractivity contribution in [1.29, 1.82) is 0 Å². The van der Waals surface area contributed by atoms with Crippen molar-refractivity contribution in [2.45, 2.75) is 39.5 Å². The van der Waals surface area contributed by atoms with Gasteiger partial charge in [-0.2, -0.15) is 0 Å². The fourth-order valence-electron chi connectivity index (χ4n) is 2.64. The van der Waals surface area contributed by atoms with Gasteiger partial charge in [0.25, 0.3) is 0 Å². The molecule has 0 radical (unpaired) electrons. The van der Waals surface area contributed by atoms with E-state index in [2.05, 4.69) is 19.2 Å². The molecule has 0 aromatic carbocycles. The Labute approximate surface area is 68.9 Å². The van der Waals surface area contributed by atoms with E-state index in [0.29, 0.717) is 5.41 Å². The van der Waals surface area contributed by atoms with E-state index in [1.807, 2.05) is 0 Å². The molecule has 1 nitrogen and oxygen atoms in total. The summed E-state index contributed by atoms with van der Waals surface area (Å²) >= 11 is 0. The third-order valence-corrected chi connectivity index (χ3v) is 3.45. The van der Waals surface area contributed by atoms with Gasteiger partial charge in [-0.25, -0.2) is 0 Å². The van der Waals surface area contributed by atoms with Crippen LogP contribution in [0.1, 0.15) is 39.5 Å². The molecule has 11 heavy (non-hydrogen) atoms. The number of rotatable bonds is 1. The summed E-state index contributed by atoms with van der Waals surface area (Å²) in [4.78, 5) is 0. The molecule has 1 N–H and O–H groups in total. The van der Waals surface area contributed by atoms with Gasteiger partial charge in [0.1, 0.15) is 0 Å². The Bertz CT molecular complexity index is 199. The minimum Gasteiger partial charge on any atom is -0.388 e. The van der Waals surface area contributed by atoms with Gasteiger partial charge < -0.3 is 5.32 Å².